The third-order valence-corrected chi connectivity index (χ3v) is 4.34. The van der Waals surface area contributed by atoms with E-state index in [1.807, 2.05) is 0 Å². The SMILES string of the molecule is NNC(=O)C(Sc1ccc(Cl)cc1)c1cc(O)ccc1N=O. The van der Waals surface area contributed by atoms with E-state index in [0.29, 0.717) is 5.02 Å². The summed E-state index contributed by atoms with van der Waals surface area (Å²) in [5.74, 6) is 4.62. The molecular weight excluding hydrogens is 326 g/mol. The number of nitrogens with one attached hydrogen (secondary N) is 1. The number of carbonyl (C=O) groups excluding carboxylic acids is 1. The number of halogens is 1. The molecule has 1 unspecified atom stereocenters. The number of carbonyl (C=O) groups is 1. The molecule has 2 aromatic carbocycles. The maximum absolute atomic E-state index is 12.1. The van der Waals surface area contributed by atoms with Gasteiger partial charge in [-0.1, -0.05) is 11.6 Å². The number of hydrogen-bond acceptors (Lipinski definition) is 6. The summed E-state index contributed by atoms with van der Waals surface area (Å²) in [6.45, 7) is 0. The third-order valence-electron chi connectivity index (χ3n) is 2.84. The minimum Gasteiger partial charge on any atom is -0.508 e. The zero-order valence-electron chi connectivity index (χ0n) is 11.2. The van der Waals surface area contributed by atoms with Crippen LogP contribution in [0.25, 0.3) is 0 Å². The molecule has 0 aliphatic heterocycles. The number of nitroso groups, excluding NO2 is 1. The van der Waals surface area contributed by atoms with Crippen LogP contribution in [0.15, 0.2) is 52.5 Å². The number of rotatable bonds is 5. The number of phenolic OH excluding ortho intramolecular Hbond substituents is 1. The van der Waals surface area contributed by atoms with Gasteiger partial charge in [-0.05, 0) is 47.6 Å². The zero-order valence-corrected chi connectivity index (χ0v) is 12.8. The smallest absolute Gasteiger partial charge is 0.251 e. The summed E-state index contributed by atoms with van der Waals surface area (Å²) < 4.78 is 0. The van der Waals surface area contributed by atoms with Crippen LogP contribution in [-0.4, -0.2) is 11.0 Å². The van der Waals surface area contributed by atoms with Gasteiger partial charge in [0.15, 0.2) is 0 Å². The normalized spacial score (nSPS) is 11.7. The van der Waals surface area contributed by atoms with Crippen molar-refractivity contribution in [1.82, 2.24) is 5.43 Å². The van der Waals surface area contributed by atoms with E-state index in [0.717, 1.165) is 16.7 Å². The molecule has 0 radical (unpaired) electrons. The largest absolute Gasteiger partial charge is 0.508 e. The van der Waals surface area contributed by atoms with Crippen molar-refractivity contribution in [3.63, 3.8) is 0 Å². The first kappa shape index (κ1) is 16.3. The van der Waals surface area contributed by atoms with E-state index in [-0.39, 0.29) is 17.0 Å². The summed E-state index contributed by atoms with van der Waals surface area (Å²) in [6, 6.07) is 10.8. The summed E-state index contributed by atoms with van der Waals surface area (Å²) >= 11 is 6.99. The fourth-order valence-electron chi connectivity index (χ4n) is 1.82. The molecule has 4 N–H and O–H groups in total. The standard InChI is InChI=1S/C14H12ClN3O3S/c15-8-1-4-10(5-2-8)22-13(14(20)17-16)11-7-9(19)3-6-12(11)18-21/h1-7,13,19H,16H2,(H,17,20). The average molecular weight is 338 g/mol. The Morgan fingerprint density at radius 1 is 1.27 bits per heavy atom. The summed E-state index contributed by atoms with van der Waals surface area (Å²) in [4.78, 5) is 23.7. The van der Waals surface area contributed by atoms with Crippen molar-refractivity contribution in [3.05, 3.63) is 58.0 Å². The van der Waals surface area contributed by atoms with Crippen LogP contribution in [0.5, 0.6) is 5.75 Å². The van der Waals surface area contributed by atoms with E-state index in [4.69, 9.17) is 17.4 Å². The van der Waals surface area contributed by atoms with E-state index < -0.39 is 11.2 Å². The Kier molecular flexibility index (Phi) is 5.37. The van der Waals surface area contributed by atoms with Gasteiger partial charge < -0.3 is 5.11 Å². The fourth-order valence-corrected chi connectivity index (χ4v) is 3.00. The van der Waals surface area contributed by atoms with Crippen LogP contribution < -0.4 is 11.3 Å². The molecule has 0 saturated carbocycles. The van der Waals surface area contributed by atoms with Gasteiger partial charge in [0.25, 0.3) is 5.91 Å². The topological polar surface area (TPSA) is 105 Å². The molecule has 0 aliphatic carbocycles. The number of nitrogens with two attached hydrogens (primary N) is 1. The monoisotopic (exact) mass is 337 g/mol. The molecule has 0 heterocycles. The molecule has 0 saturated heterocycles. The number of phenols is 1. The van der Waals surface area contributed by atoms with E-state index in [2.05, 4.69) is 10.6 Å². The van der Waals surface area contributed by atoms with Gasteiger partial charge >= 0.3 is 0 Å². The molecule has 1 atom stereocenters. The minimum atomic E-state index is -0.842. The van der Waals surface area contributed by atoms with Crippen LogP contribution in [0.4, 0.5) is 5.69 Å². The number of benzene rings is 2. The van der Waals surface area contributed by atoms with Crippen LogP contribution in [0.1, 0.15) is 10.8 Å². The van der Waals surface area contributed by atoms with Gasteiger partial charge in [-0.2, -0.15) is 0 Å². The highest BCUT2D eigenvalue weighted by atomic mass is 35.5. The van der Waals surface area contributed by atoms with Crippen molar-refractivity contribution in [1.29, 1.82) is 0 Å². The van der Waals surface area contributed by atoms with Crippen LogP contribution >= 0.6 is 23.4 Å². The van der Waals surface area contributed by atoms with Gasteiger partial charge in [-0.3, -0.25) is 10.2 Å². The zero-order chi connectivity index (χ0) is 16.1. The van der Waals surface area contributed by atoms with Crippen LogP contribution in [0.2, 0.25) is 5.02 Å². The van der Waals surface area contributed by atoms with Crippen molar-refractivity contribution < 1.29 is 9.90 Å². The molecule has 0 aromatic heterocycles. The molecule has 0 aliphatic rings. The van der Waals surface area contributed by atoms with E-state index in [1.54, 1.807) is 24.3 Å². The Hall–Kier alpha value is -2.09. The quantitative estimate of drug-likeness (QED) is 0.255. The van der Waals surface area contributed by atoms with E-state index >= 15 is 0 Å². The lowest BCUT2D eigenvalue weighted by molar-refractivity contribution is -0.120. The number of aromatic hydroxyl groups is 1. The molecule has 8 heteroatoms. The number of nitrogens with zero attached hydrogens (tertiary/aromatic N) is 1. The van der Waals surface area contributed by atoms with Crippen LogP contribution in [-0.2, 0) is 4.79 Å². The van der Waals surface area contributed by atoms with E-state index in [9.17, 15) is 14.8 Å². The molecule has 0 spiro atoms. The summed E-state index contributed by atoms with van der Waals surface area (Å²) in [5.41, 5.74) is 2.39. The summed E-state index contributed by atoms with van der Waals surface area (Å²) in [5, 5.41) is 12.2. The Labute approximate surface area is 135 Å². The second-order valence-electron chi connectivity index (χ2n) is 4.29. The number of amides is 1. The van der Waals surface area contributed by atoms with Crippen molar-refractivity contribution in [2.24, 2.45) is 11.0 Å². The number of hydrazine groups is 1. The maximum Gasteiger partial charge on any atom is 0.251 e. The lowest BCUT2D eigenvalue weighted by Crippen LogP contribution is -2.33. The Balaban J connectivity index is 2.42. The molecule has 22 heavy (non-hydrogen) atoms. The van der Waals surface area contributed by atoms with Gasteiger partial charge in [-0.25, -0.2) is 5.84 Å². The Morgan fingerprint density at radius 3 is 2.55 bits per heavy atom. The second kappa shape index (κ2) is 7.26. The van der Waals surface area contributed by atoms with Gasteiger partial charge in [0.2, 0.25) is 0 Å². The molecule has 2 rings (SSSR count). The third kappa shape index (κ3) is 3.76. The predicted molar refractivity (Wildman–Crippen MR) is 85.9 cm³/mol. The minimum absolute atomic E-state index is 0.0628. The van der Waals surface area contributed by atoms with Gasteiger partial charge in [0.1, 0.15) is 16.7 Å². The summed E-state index contributed by atoms with van der Waals surface area (Å²) in [7, 11) is 0. The first-order chi connectivity index (χ1) is 10.5. The van der Waals surface area contributed by atoms with E-state index in [1.165, 1.54) is 18.2 Å². The molecule has 114 valence electrons. The highest BCUT2D eigenvalue weighted by Crippen LogP contribution is 2.41. The highest BCUT2D eigenvalue weighted by molar-refractivity contribution is 8.00. The first-order valence-corrected chi connectivity index (χ1v) is 7.40. The molecule has 0 fully saturated rings. The maximum atomic E-state index is 12.1. The number of thioether (sulfide) groups is 1. The Bertz CT molecular complexity index is 694. The van der Waals surface area contributed by atoms with Crippen molar-refractivity contribution in [2.75, 3.05) is 0 Å². The van der Waals surface area contributed by atoms with Crippen LogP contribution in [0.3, 0.4) is 0 Å². The van der Waals surface area contributed by atoms with Crippen LogP contribution in [0, 0.1) is 4.91 Å². The molecule has 2 aromatic rings. The average Bonchev–Trinajstić information content (AvgIpc) is 2.53. The molecular formula is C14H12ClN3O3S. The fraction of sp³-hybridized carbons (Fsp3) is 0.0714. The lowest BCUT2D eigenvalue weighted by atomic mass is 10.1. The first-order valence-electron chi connectivity index (χ1n) is 6.14. The summed E-state index contributed by atoms with van der Waals surface area (Å²) in [6.07, 6.45) is 0. The predicted octanol–water partition coefficient (Wildman–Crippen LogP) is 3.27. The van der Waals surface area contributed by atoms with Crippen molar-refractivity contribution in [2.45, 2.75) is 10.1 Å². The Morgan fingerprint density at radius 2 is 1.95 bits per heavy atom. The lowest BCUT2D eigenvalue weighted by Gasteiger charge is -2.16. The van der Waals surface area contributed by atoms with Crippen molar-refractivity contribution in [3.8, 4) is 5.75 Å². The van der Waals surface area contributed by atoms with Gasteiger partial charge in [-0.15, -0.1) is 16.7 Å². The number of hydrogen-bond donors (Lipinski definition) is 3. The molecule has 6 nitrogen and oxygen atoms in total. The molecule has 0 bridgehead atoms. The highest BCUT2D eigenvalue weighted by Gasteiger charge is 2.25. The second-order valence-corrected chi connectivity index (χ2v) is 5.91. The molecule has 1 amide bonds. The van der Waals surface area contributed by atoms with Gasteiger partial charge in [0.05, 0.1) is 0 Å². The van der Waals surface area contributed by atoms with Gasteiger partial charge in [0, 0.05) is 15.5 Å². The van der Waals surface area contributed by atoms with Crippen molar-refractivity contribution >= 4 is 35.0 Å².